The molecule has 0 saturated heterocycles. The highest BCUT2D eigenvalue weighted by Gasteiger charge is 2.13. The van der Waals surface area contributed by atoms with Crippen molar-refractivity contribution in [2.24, 2.45) is 0 Å². The molecule has 4 rings (SSSR count). The minimum atomic E-state index is -0.236. The smallest absolute Gasteiger partial charge is 0.264 e. The van der Waals surface area contributed by atoms with E-state index >= 15 is 0 Å². The topological polar surface area (TPSA) is 91.0 Å². The minimum absolute atomic E-state index is 0.147. The highest BCUT2D eigenvalue weighted by Crippen LogP contribution is 2.22. The average molecular weight is 496 g/mol. The number of hydrogen-bond donors (Lipinski definition) is 1. The summed E-state index contributed by atoms with van der Waals surface area (Å²) in [6, 6.07) is 13.2. The quantitative estimate of drug-likeness (QED) is 0.425. The van der Waals surface area contributed by atoms with E-state index in [4.69, 9.17) is 4.74 Å². The molecule has 0 unspecified atom stereocenters. The largest absolute Gasteiger partial charge is 0.497 e. The number of nitrogens with zero attached hydrogens (tertiary/aromatic N) is 4. The van der Waals surface area contributed by atoms with Gasteiger partial charge < -0.3 is 10.1 Å². The Morgan fingerprint density at radius 3 is 2.72 bits per heavy atom. The Morgan fingerprint density at radius 1 is 1.19 bits per heavy atom. The van der Waals surface area contributed by atoms with Crippen molar-refractivity contribution < 1.29 is 9.53 Å². The molecule has 4 aromatic rings. The van der Waals surface area contributed by atoms with Gasteiger partial charge in [-0.1, -0.05) is 29.8 Å². The van der Waals surface area contributed by atoms with E-state index in [1.807, 2.05) is 31.2 Å². The van der Waals surface area contributed by atoms with Crippen LogP contribution in [-0.2, 0) is 13.1 Å². The lowest BCUT2D eigenvalue weighted by atomic mass is 10.1. The number of carbonyl (C=O) groups is 1. The highest BCUT2D eigenvalue weighted by atomic mass is 79.9. The SMILES string of the molecule is COc1ccc(Br)c(C(=O)NCCn2ncc3c(=O)n(Cc4ccc(C)cc4)cnc32)c1. The van der Waals surface area contributed by atoms with Crippen molar-refractivity contribution >= 4 is 32.9 Å². The number of hydrogen-bond acceptors (Lipinski definition) is 5. The number of rotatable bonds is 7. The molecule has 0 aliphatic heterocycles. The van der Waals surface area contributed by atoms with Crippen LogP contribution in [0.2, 0.25) is 0 Å². The van der Waals surface area contributed by atoms with Crippen molar-refractivity contribution in [2.75, 3.05) is 13.7 Å². The zero-order valence-corrected chi connectivity index (χ0v) is 19.3. The van der Waals surface area contributed by atoms with Crippen LogP contribution >= 0.6 is 15.9 Å². The Morgan fingerprint density at radius 2 is 1.97 bits per heavy atom. The summed E-state index contributed by atoms with van der Waals surface area (Å²) in [5.74, 6) is 0.364. The molecule has 0 aliphatic carbocycles. The van der Waals surface area contributed by atoms with Gasteiger partial charge in [-0.05, 0) is 46.6 Å². The Labute approximate surface area is 193 Å². The molecular formula is C23H22BrN5O3. The van der Waals surface area contributed by atoms with Crippen molar-refractivity contribution in [1.29, 1.82) is 0 Å². The third-order valence-corrected chi connectivity index (χ3v) is 5.81. The Kier molecular flexibility index (Phi) is 6.36. The summed E-state index contributed by atoms with van der Waals surface area (Å²) in [5, 5.41) is 7.60. The van der Waals surface area contributed by atoms with E-state index in [2.05, 4.69) is 31.3 Å². The maximum absolute atomic E-state index is 12.9. The van der Waals surface area contributed by atoms with Crippen molar-refractivity contribution in [3.8, 4) is 5.75 Å². The van der Waals surface area contributed by atoms with Crippen LogP contribution in [0.25, 0.3) is 11.0 Å². The van der Waals surface area contributed by atoms with Gasteiger partial charge in [-0.2, -0.15) is 5.10 Å². The summed E-state index contributed by atoms with van der Waals surface area (Å²) in [5.41, 5.74) is 3.02. The fraction of sp³-hybridized carbons (Fsp3) is 0.217. The van der Waals surface area contributed by atoms with E-state index in [-0.39, 0.29) is 11.5 Å². The fourth-order valence-corrected chi connectivity index (χ4v) is 3.77. The lowest BCUT2D eigenvalue weighted by Crippen LogP contribution is -2.28. The zero-order chi connectivity index (χ0) is 22.7. The number of ether oxygens (including phenoxy) is 1. The Bertz CT molecular complexity index is 1330. The lowest BCUT2D eigenvalue weighted by molar-refractivity contribution is 0.0951. The number of carbonyl (C=O) groups excluding carboxylic acids is 1. The van der Waals surface area contributed by atoms with Gasteiger partial charge in [0.2, 0.25) is 0 Å². The van der Waals surface area contributed by atoms with Gasteiger partial charge in [0.25, 0.3) is 11.5 Å². The molecule has 0 atom stereocenters. The maximum atomic E-state index is 12.9. The Hall–Kier alpha value is -3.46. The van der Waals surface area contributed by atoms with Gasteiger partial charge in [-0.15, -0.1) is 0 Å². The molecule has 32 heavy (non-hydrogen) atoms. The molecule has 0 fully saturated rings. The number of methoxy groups -OCH3 is 1. The first-order valence-corrected chi connectivity index (χ1v) is 10.8. The molecule has 2 aromatic heterocycles. The van der Waals surface area contributed by atoms with Gasteiger partial charge in [0.05, 0.1) is 32.0 Å². The molecule has 1 amide bonds. The number of fused-ring (bicyclic) bond motifs is 1. The van der Waals surface area contributed by atoms with Crippen LogP contribution in [0.3, 0.4) is 0 Å². The average Bonchev–Trinajstić information content (AvgIpc) is 3.21. The van der Waals surface area contributed by atoms with Gasteiger partial charge >= 0.3 is 0 Å². The van der Waals surface area contributed by atoms with E-state index in [1.54, 1.807) is 34.6 Å². The highest BCUT2D eigenvalue weighted by molar-refractivity contribution is 9.10. The summed E-state index contributed by atoms with van der Waals surface area (Å²) in [6.45, 7) is 3.17. The van der Waals surface area contributed by atoms with Crippen LogP contribution in [0.15, 0.2) is 64.3 Å². The second-order valence-electron chi connectivity index (χ2n) is 7.37. The predicted octanol–water partition coefficient (Wildman–Crippen LogP) is 3.15. The summed E-state index contributed by atoms with van der Waals surface area (Å²) in [6.07, 6.45) is 3.06. The molecule has 9 heteroatoms. The third kappa shape index (κ3) is 4.57. The first kappa shape index (κ1) is 21.8. The summed E-state index contributed by atoms with van der Waals surface area (Å²) in [7, 11) is 1.55. The van der Waals surface area contributed by atoms with Crippen LogP contribution in [0, 0.1) is 6.92 Å². The van der Waals surface area contributed by atoms with E-state index in [9.17, 15) is 9.59 Å². The maximum Gasteiger partial charge on any atom is 0.264 e. The van der Waals surface area contributed by atoms with Gasteiger partial charge in [0.15, 0.2) is 5.65 Å². The van der Waals surface area contributed by atoms with Crippen molar-refractivity contribution in [2.45, 2.75) is 20.0 Å². The zero-order valence-electron chi connectivity index (χ0n) is 17.7. The molecule has 0 saturated carbocycles. The van der Waals surface area contributed by atoms with Gasteiger partial charge in [-0.25, -0.2) is 9.67 Å². The molecule has 8 nitrogen and oxygen atoms in total. The first-order valence-electron chi connectivity index (χ1n) is 10.0. The Balaban J connectivity index is 1.45. The third-order valence-electron chi connectivity index (χ3n) is 5.12. The van der Waals surface area contributed by atoms with E-state index in [0.29, 0.717) is 46.5 Å². The van der Waals surface area contributed by atoms with Crippen molar-refractivity contribution in [3.05, 3.63) is 86.5 Å². The number of halogens is 1. The number of aromatic nitrogens is 4. The van der Waals surface area contributed by atoms with Crippen LogP contribution < -0.4 is 15.6 Å². The van der Waals surface area contributed by atoms with Crippen molar-refractivity contribution in [1.82, 2.24) is 24.6 Å². The van der Waals surface area contributed by atoms with E-state index in [1.165, 1.54) is 18.1 Å². The molecule has 2 heterocycles. The minimum Gasteiger partial charge on any atom is -0.497 e. The molecule has 0 aliphatic rings. The number of aryl methyl sites for hydroxylation is 1. The van der Waals surface area contributed by atoms with Crippen LogP contribution in [0.1, 0.15) is 21.5 Å². The normalized spacial score (nSPS) is 11.0. The van der Waals surface area contributed by atoms with E-state index in [0.717, 1.165) is 5.56 Å². The number of amides is 1. The monoisotopic (exact) mass is 495 g/mol. The van der Waals surface area contributed by atoms with Crippen LogP contribution in [0.4, 0.5) is 0 Å². The second-order valence-corrected chi connectivity index (χ2v) is 8.22. The standard InChI is InChI=1S/C23H22BrN5O3/c1-15-3-5-16(6-4-15)13-28-14-26-21-19(23(28)31)12-27-29(21)10-9-25-22(30)18-11-17(32-2)7-8-20(18)24/h3-8,11-12,14H,9-10,13H2,1-2H3,(H,25,30). The second kappa shape index (κ2) is 9.35. The van der Waals surface area contributed by atoms with Crippen molar-refractivity contribution in [3.63, 3.8) is 0 Å². The van der Waals surface area contributed by atoms with Gasteiger partial charge in [0.1, 0.15) is 17.5 Å². The molecule has 0 spiro atoms. The van der Waals surface area contributed by atoms with Crippen LogP contribution in [-0.4, -0.2) is 38.9 Å². The lowest BCUT2D eigenvalue weighted by Gasteiger charge is -2.09. The summed E-state index contributed by atoms with van der Waals surface area (Å²) < 4.78 is 9.05. The van der Waals surface area contributed by atoms with Crippen LogP contribution in [0.5, 0.6) is 5.75 Å². The molecule has 164 valence electrons. The molecular weight excluding hydrogens is 474 g/mol. The molecule has 0 radical (unpaired) electrons. The summed E-state index contributed by atoms with van der Waals surface area (Å²) >= 11 is 3.38. The predicted molar refractivity (Wildman–Crippen MR) is 125 cm³/mol. The number of nitrogens with one attached hydrogen (secondary N) is 1. The van der Waals surface area contributed by atoms with E-state index < -0.39 is 0 Å². The first-order chi connectivity index (χ1) is 15.5. The molecule has 0 bridgehead atoms. The number of benzene rings is 2. The van der Waals surface area contributed by atoms with Gasteiger partial charge in [0, 0.05) is 11.0 Å². The van der Waals surface area contributed by atoms with Gasteiger partial charge in [-0.3, -0.25) is 14.2 Å². The molecule has 2 aromatic carbocycles. The summed E-state index contributed by atoms with van der Waals surface area (Å²) in [4.78, 5) is 29.8. The molecule has 1 N–H and O–H groups in total. The fourth-order valence-electron chi connectivity index (χ4n) is 3.34.